The minimum absolute atomic E-state index is 0.128. The number of hydrogen-bond donors (Lipinski definition) is 2. The number of aliphatic hydroxyl groups is 1. The van der Waals surface area contributed by atoms with Crippen LogP contribution in [0.15, 0.2) is 36.5 Å². The molecule has 0 bridgehead atoms. The predicted octanol–water partition coefficient (Wildman–Crippen LogP) is 3.29. The molecule has 0 radical (unpaired) electrons. The highest BCUT2D eigenvalue weighted by molar-refractivity contribution is 6.34. The molecule has 1 aromatic heterocycles. The molecule has 4 nitrogen and oxygen atoms in total. The zero-order valence-corrected chi connectivity index (χ0v) is 14.6. The molecule has 2 aromatic rings. The first-order valence-corrected chi connectivity index (χ1v) is 8.67. The van der Waals surface area contributed by atoms with E-state index in [1.165, 1.54) is 6.07 Å². The van der Waals surface area contributed by atoms with Gasteiger partial charge >= 0.3 is 0 Å². The van der Waals surface area contributed by atoms with Crippen molar-refractivity contribution in [3.63, 3.8) is 0 Å². The van der Waals surface area contributed by atoms with Gasteiger partial charge in [0.2, 0.25) is 0 Å². The van der Waals surface area contributed by atoms with Crippen LogP contribution < -0.4 is 5.32 Å². The van der Waals surface area contributed by atoms with Crippen LogP contribution in [-0.4, -0.2) is 28.1 Å². The standard InChI is InChI=1S/C19H20ClFN2O2/c1-11-5-6-15(21)17(18(11)20)19(25)23-16(12-8-14(24)9-12)10-13-4-2-3-7-22-13/h2-7,12,14,16,24H,8-10H2,1H3,(H,23,25)/t12?,14?,16-/m0/s1. The van der Waals surface area contributed by atoms with E-state index < -0.39 is 11.7 Å². The molecule has 6 heteroatoms. The summed E-state index contributed by atoms with van der Waals surface area (Å²) in [6, 6.07) is 8.15. The van der Waals surface area contributed by atoms with E-state index >= 15 is 0 Å². The SMILES string of the molecule is Cc1ccc(F)c(C(=O)N[C@@H](Cc2ccccn2)C2CC(O)C2)c1Cl. The van der Waals surface area contributed by atoms with Crippen LogP contribution in [0.4, 0.5) is 4.39 Å². The Morgan fingerprint density at radius 3 is 2.80 bits per heavy atom. The van der Waals surface area contributed by atoms with Gasteiger partial charge in [0.15, 0.2) is 0 Å². The van der Waals surface area contributed by atoms with Crippen LogP contribution in [0.25, 0.3) is 0 Å². The fourth-order valence-corrected chi connectivity index (χ4v) is 3.38. The van der Waals surface area contributed by atoms with Gasteiger partial charge in [0.05, 0.1) is 16.7 Å². The van der Waals surface area contributed by atoms with Crippen LogP contribution in [0, 0.1) is 18.7 Å². The molecule has 0 saturated heterocycles. The van der Waals surface area contributed by atoms with Gasteiger partial charge in [0, 0.05) is 24.4 Å². The van der Waals surface area contributed by atoms with E-state index in [9.17, 15) is 14.3 Å². The molecule has 132 valence electrons. The molecule has 1 fully saturated rings. The second-order valence-corrected chi connectivity index (χ2v) is 6.92. The number of pyridine rings is 1. The lowest BCUT2D eigenvalue weighted by Gasteiger charge is -2.38. The monoisotopic (exact) mass is 362 g/mol. The molecule has 25 heavy (non-hydrogen) atoms. The Morgan fingerprint density at radius 1 is 1.40 bits per heavy atom. The first kappa shape index (κ1) is 17.8. The summed E-state index contributed by atoms with van der Waals surface area (Å²) in [6.07, 6.45) is 3.10. The van der Waals surface area contributed by atoms with Crippen molar-refractivity contribution >= 4 is 17.5 Å². The molecular formula is C19H20ClFN2O2. The van der Waals surface area contributed by atoms with E-state index in [2.05, 4.69) is 10.3 Å². The molecule has 1 heterocycles. The number of hydrogen-bond acceptors (Lipinski definition) is 3. The van der Waals surface area contributed by atoms with Gasteiger partial charge in [-0.3, -0.25) is 9.78 Å². The maximum Gasteiger partial charge on any atom is 0.256 e. The van der Waals surface area contributed by atoms with Gasteiger partial charge in [-0.2, -0.15) is 0 Å². The number of carbonyl (C=O) groups excluding carboxylic acids is 1. The summed E-state index contributed by atoms with van der Waals surface area (Å²) in [6.45, 7) is 1.73. The average Bonchev–Trinajstić information content (AvgIpc) is 2.56. The minimum atomic E-state index is -0.640. The third-order valence-corrected chi connectivity index (χ3v) is 5.19. The van der Waals surface area contributed by atoms with E-state index in [0.717, 1.165) is 5.69 Å². The second-order valence-electron chi connectivity index (χ2n) is 6.54. The van der Waals surface area contributed by atoms with Crippen LogP contribution >= 0.6 is 11.6 Å². The van der Waals surface area contributed by atoms with Gasteiger partial charge in [0.1, 0.15) is 5.82 Å². The zero-order valence-electron chi connectivity index (χ0n) is 13.9. The van der Waals surface area contributed by atoms with Crippen LogP contribution in [0.3, 0.4) is 0 Å². The Labute approximate surface area is 151 Å². The van der Waals surface area contributed by atoms with E-state index in [-0.39, 0.29) is 28.6 Å². The maximum atomic E-state index is 14.1. The average molecular weight is 363 g/mol. The lowest BCUT2D eigenvalue weighted by molar-refractivity contribution is 0.0237. The Bertz CT molecular complexity index is 764. The van der Waals surface area contributed by atoms with Crippen molar-refractivity contribution in [3.8, 4) is 0 Å². The number of nitrogens with zero attached hydrogens (tertiary/aromatic N) is 1. The molecule has 1 saturated carbocycles. The fourth-order valence-electron chi connectivity index (χ4n) is 3.14. The highest BCUT2D eigenvalue weighted by atomic mass is 35.5. The Hall–Kier alpha value is -1.98. The van der Waals surface area contributed by atoms with Crippen molar-refractivity contribution in [3.05, 3.63) is 64.2 Å². The van der Waals surface area contributed by atoms with E-state index in [4.69, 9.17) is 11.6 Å². The number of rotatable bonds is 5. The van der Waals surface area contributed by atoms with Crippen LogP contribution in [0.5, 0.6) is 0 Å². The van der Waals surface area contributed by atoms with E-state index in [1.807, 2.05) is 18.2 Å². The number of benzene rings is 1. The molecule has 0 aliphatic heterocycles. The summed E-state index contributed by atoms with van der Waals surface area (Å²) in [5, 5.41) is 12.6. The van der Waals surface area contributed by atoms with Crippen LogP contribution in [0.2, 0.25) is 5.02 Å². The number of aryl methyl sites for hydroxylation is 1. The van der Waals surface area contributed by atoms with Gasteiger partial charge in [-0.15, -0.1) is 0 Å². The maximum absolute atomic E-state index is 14.1. The Balaban J connectivity index is 1.80. The third-order valence-electron chi connectivity index (χ3n) is 4.70. The normalized spacial score (nSPS) is 20.6. The summed E-state index contributed by atoms with van der Waals surface area (Å²) in [4.78, 5) is 16.9. The van der Waals surface area contributed by atoms with Crippen LogP contribution in [-0.2, 0) is 6.42 Å². The molecule has 1 aliphatic carbocycles. The second kappa shape index (κ2) is 7.50. The molecule has 0 unspecified atom stereocenters. The lowest BCUT2D eigenvalue weighted by Crippen LogP contribution is -2.48. The fraction of sp³-hybridized carbons (Fsp3) is 0.368. The molecule has 1 aliphatic rings. The molecular weight excluding hydrogens is 343 g/mol. The zero-order chi connectivity index (χ0) is 18.0. The Kier molecular flexibility index (Phi) is 5.35. The molecule has 1 atom stereocenters. The summed E-state index contributed by atoms with van der Waals surface area (Å²) in [7, 11) is 0. The number of carbonyl (C=O) groups is 1. The summed E-state index contributed by atoms with van der Waals surface area (Å²) in [5.41, 5.74) is 1.35. The van der Waals surface area contributed by atoms with Gasteiger partial charge in [-0.25, -0.2) is 4.39 Å². The van der Waals surface area contributed by atoms with Crippen molar-refractivity contribution in [2.75, 3.05) is 0 Å². The first-order valence-electron chi connectivity index (χ1n) is 8.29. The number of aromatic nitrogens is 1. The van der Waals surface area contributed by atoms with Crippen LogP contribution in [0.1, 0.15) is 34.5 Å². The van der Waals surface area contributed by atoms with E-state index in [0.29, 0.717) is 24.8 Å². The molecule has 1 amide bonds. The van der Waals surface area contributed by atoms with Gasteiger partial charge in [-0.1, -0.05) is 23.7 Å². The first-order chi connectivity index (χ1) is 12.0. The minimum Gasteiger partial charge on any atom is -0.393 e. The van der Waals surface area contributed by atoms with E-state index in [1.54, 1.807) is 19.2 Å². The molecule has 2 N–H and O–H groups in total. The van der Waals surface area contributed by atoms with Gasteiger partial charge < -0.3 is 10.4 Å². The summed E-state index contributed by atoms with van der Waals surface area (Å²) < 4.78 is 14.1. The molecule has 0 spiro atoms. The summed E-state index contributed by atoms with van der Waals surface area (Å²) >= 11 is 6.13. The molecule has 3 rings (SSSR count). The highest BCUT2D eigenvalue weighted by Gasteiger charge is 2.35. The topological polar surface area (TPSA) is 62.2 Å². The van der Waals surface area contributed by atoms with Gasteiger partial charge in [0.25, 0.3) is 5.91 Å². The van der Waals surface area contributed by atoms with Crippen molar-refractivity contribution in [2.45, 2.75) is 38.3 Å². The number of amides is 1. The van der Waals surface area contributed by atoms with Gasteiger partial charge in [-0.05, 0) is 49.4 Å². The molecule has 1 aromatic carbocycles. The number of halogens is 2. The predicted molar refractivity (Wildman–Crippen MR) is 94.1 cm³/mol. The van der Waals surface area contributed by atoms with Crippen molar-refractivity contribution < 1.29 is 14.3 Å². The smallest absolute Gasteiger partial charge is 0.256 e. The lowest BCUT2D eigenvalue weighted by atomic mass is 9.76. The number of aliphatic hydroxyl groups excluding tert-OH is 1. The summed E-state index contributed by atoms with van der Waals surface area (Å²) in [5.74, 6) is -1.04. The largest absolute Gasteiger partial charge is 0.393 e. The quantitative estimate of drug-likeness (QED) is 0.857. The third kappa shape index (κ3) is 3.99. The number of nitrogens with one attached hydrogen (secondary N) is 1. The van der Waals surface area contributed by atoms with Crippen molar-refractivity contribution in [1.29, 1.82) is 0 Å². The Morgan fingerprint density at radius 2 is 2.16 bits per heavy atom. The highest BCUT2D eigenvalue weighted by Crippen LogP contribution is 2.32. The van der Waals surface area contributed by atoms with Crippen molar-refractivity contribution in [1.82, 2.24) is 10.3 Å². The van der Waals surface area contributed by atoms with Crippen molar-refractivity contribution in [2.24, 2.45) is 5.92 Å².